The minimum atomic E-state index is 0.882. The largest absolute Gasteiger partial charge is 0.309 e. The van der Waals surface area contributed by atoms with Gasteiger partial charge in [0, 0.05) is 38.4 Å². The van der Waals surface area contributed by atoms with Crippen molar-refractivity contribution < 1.29 is 0 Å². The summed E-state index contributed by atoms with van der Waals surface area (Å²) in [5.74, 6) is 0.882. The second-order valence-electron chi connectivity index (χ2n) is 14.0. The number of imidazole rings is 2. The van der Waals surface area contributed by atoms with Gasteiger partial charge in [-0.2, -0.15) is 0 Å². The van der Waals surface area contributed by atoms with Crippen molar-refractivity contribution in [1.82, 2.24) is 23.1 Å². The first-order valence-electron chi connectivity index (χ1n) is 18.4. The molecule has 0 aliphatic carbocycles. The summed E-state index contributed by atoms with van der Waals surface area (Å²) >= 11 is 0. The van der Waals surface area contributed by atoms with Crippen LogP contribution in [0.25, 0.3) is 99.6 Å². The average Bonchev–Trinajstić information content (AvgIpc) is 3.96. The van der Waals surface area contributed by atoms with Crippen molar-refractivity contribution in [2.45, 2.75) is 0 Å². The minimum absolute atomic E-state index is 0.882. The Morgan fingerprint density at radius 3 is 1.33 bits per heavy atom. The highest BCUT2D eigenvalue weighted by molar-refractivity contribution is 6.11. The molecule has 0 aliphatic heterocycles. The van der Waals surface area contributed by atoms with Crippen LogP contribution in [-0.4, -0.2) is 23.1 Å². The zero-order chi connectivity index (χ0) is 35.3. The number of hydrogen-bond donors (Lipinski definition) is 0. The third-order valence-electron chi connectivity index (χ3n) is 11.2. The molecule has 0 bridgehead atoms. The van der Waals surface area contributed by atoms with Crippen LogP contribution in [0.2, 0.25) is 0 Å². The summed E-state index contributed by atoms with van der Waals surface area (Å²) in [5.41, 5.74) is 14.6. The van der Waals surface area contributed by atoms with Gasteiger partial charge in [0.25, 0.3) is 0 Å². The number of rotatable bonds is 4. The lowest BCUT2D eigenvalue weighted by molar-refractivity contribution is 1.11. The maximum absolute atomic E-state index is 5.32. The van der Waals surface area contributed by atoms with E-state index in [2.05, 4.69) is 206 Å². The topological polar surface area (TPSA) is 32.1 Å². The van der Waals surface area contributed by atoms with Crippen LogP contribution in [0, 0.1) is 0 Å². The summed E-state index contributed by atoms with van der Waals surface area (Å²) in [6, 6.07) is 67.7. The molecule has 0 amide bonds. The molecule has 4 aromatic heterocycles. The Balaban J connectivity index is 1.15. The van der Waals surface area contributed by atoms with E-state index in [4.69, 9.17) is 4.98 Å². The smallest absolute Gasteiger partial charge is 0.220 e. The molecule has 4 heterocycles. The first-order chi connectivity index (χ1) is 26.8. The Hall–Kier alpha value is -7.37. The Morgan fingerprint density at radius 1 is 0.315 bits per heavy atom. The van der Waals surface area contributed by atoms with Crippen LogP contribution in [-0.2, 0) is 0 Å². The standard InChI is InChI=1S/C49H31N5/c1-8-22-40-33(15-1)34-16-2-9-23-41(34)51(40)32-29-30-47-48(31-32)54-46-28-14-7-21-39(46)50-49(54)53(47)45-27-13-6-20-38(45)37-19-5-12-26-44(37)52-42-24-10-3-17-35(42)36-18-4-11-25-43(36)52/h1-31H. The predicted octanol–water partition coefficient (Wildman–Crippen LogP) is 12.3. The van der Waals surface area contributed by atoms with Gasteiger partial charge in [0.1, 0.15) is 0 Å². The highest BCUT2D eigenvalue weighted by atomic mass is 15.2. The maximum Gasteiger partial charge on any atom is 0.220 e. The van der Waals surface area contributed by atoms with E-state index in [1.165, 1.54) is 43.6 Å². The predicted molar refractivity (Wildman–Crippen MR) is 224 cm³/mol. The summed E-state index contributed by atoms with van der Waals surface area (Å²) in [6.07, 6.45) is 0. The average molecular weight is 690 g/mol. The van der Waals surface area contributed by atoms with E-state index in [1.807, 2.05) is 0 Å². The van der Waals surface area contributed by atoms with Gasteiger partial charge in [-0.15, -0.1) is 0 Å². The fourth-order valence-corrected chi connectivity index (χ4v) is 8.94. The van der Waals surface area contributed by atoms with Crippen LogP contribution in [0.3, 0.4) is 0 Å². The summed E-state index contributed by atoms with van der Waals surface area (Å²) in [5, 5.41) is 4.99. The number of fused-ring (bicyclic) bond motifs is 11. The molecule has 12 rings (SSSR count). The zero-order valence-electron chi connectivity index (χ0n) is 29.1. The Morgan fingerprint density at radius 2 is 0.759 bits per heavy atom. The van der Waals surface area contributed by atoms with Crippen molar-refractivity contribution in [3.05, 3.63) is 188 Å². The quantitative estimate of drug-likeness (QED) is 0.181. The maximum atomic E-state index is 5.32. The van der Waals surface area contributed by atoms with E-state index in [0.29, 0.717) is 0 Å². The molecule has 0 N–H and O–H groups in total. The van der Waals surface area contributed by atoms with Crippen LogP contribution >= 0.6 is 0 Å². The Labute approximate surface area is 309 Å². The molecule has 252 valence electrons. The van der Waals surface area contributed by atoms with Gasteiger partial charge in [-0.3, -0.25) is 8.97 Å². The Bertz CT molecular complexity index is 3350. The minimum Gasteiger partial charge on any atom is -0.309 e. The number of benzene rings is 8. The molecular weight excluding hydrogens is 659 g/mol. The van der Waals surface area contributed by atoms with E-state index >= 15 is 0 Å². The first-order valence-corrected chi connectivity index (χ1v) is 18.4. The lowest BCUT2D eigenvalue weighted by Gasteiger charge is -2.17. The second kappa shape index (κ2) is 11.1. The van der Waals surface area contributed by atoms with Gasteiger partial charge in [-0.1, -0.05) is 121 Å². The highest BCUT2D eigenvalue weighted by Gasteiger charge is 2.23. The van der Waals surface area contributed by atoms with Crippen LogP contribution in [0.5, 0.6) is 0 Å². The number of aromatic nitrogens is 5. The molecule has 8 aromatic carbocycles. The van der Waals surface area contributed by atoms with E-state index in [1.54, 1.807) is 0 Å². The van der Waals surface area contributed by atoms with Crippen molar-refractivity contribution in [3.63, 3.8) is 0 Å². The molecule has 0 spiro atoms. The molecule has 5 nitrogen and oxygen atoms in total. The van der Waals surface area contributed by atoms with E-state index < -0.39 is 0 Å². The van der Waals surface area contributed by atoms with Crippen LogP contribution in [0.15, 0.2) is 188 Å². The first kappa shape index (κ1) is 29.2. The van der Waals surface area contributed by atoms with Crippen LogP contribution in [0.1, 0.15) is 0 Å². The number of nitrogens with zero attached hydrogens (tertiary/aromatic N) is 5. The van der Waals surface area contributed by atoms with Crippen LogP contribution in [0.4, 0.5) is 0 Å². The van der Waals surface area contributed by atoms with Crippen molar-refractivity contribution >= 4 is 71.5 Å². The molecular formula is C49H31N5. The lowest BCUT2D eigenvalue weighted by Crippen LogP contribution is -2.02. The second-order valence-corrected chi connectivity index (χ2v) is 14.0. The molecule has 0 aliphatic rings. The van der Waals surface area contributed by atoms with Gasteiger partial charge >= 0.3 is 0 Å². The third-order valence-corrected chi connectivity index (χ3v) is 11.2. The fourth-order valence-electron chi connectivity index (χ4n) is 8.94. The van der Waals surface area contributed by atoms with E-state index in [-0.39, 0.29) is 0 Å². The molecule has 5 heteroatoms. The molecule has 0 radical (unpaired) electrons. The highest BCUT2D eigenvalue weighted by Crippen LogP contribution is 2.40. The summed E-state index contributed by atoms with van der Waals surface area (Å²) in [7, 11) is 0. The van der Waals surface area contributed by atoms with Gasteiger partial charge in [-0.05, 0) is 66.7 Å². The van der Waals surface area contributed by atoms with Gasteiger partial charge in [0.05, 0.1) is 55.5 Å². The fraction of sp³-hybridized carbons (Fsp3) is 0. The Kier molecular flexibility index (Phi) is 5.99. The summed E-state index contributed by atoms with van der Waals surface area (Å²) < 4.78 is 9.49. The van der Waals surface area contributed by atoms with Crippen molar-refractivity contribution in [2.24, 2.45) is 0 Å². The van der Waals surface area contributed by atoms with Crippen molar-refractivity contribution in [2.75, 3.05) is 0 Å². The monoisotopic (exact) mass is 689 g/mol. The zero-order valence-corrected chi connectivity index (χ0v) is 29.1. The molecule has 0 saturated heterocycles. The summed E-state index contributed by atoms with van der Waals surface area (Å²) in [4.78, 5) is 5.32. The van der Waals surface area contributed by atoms with Gasteiger partial charge < -0.3 is 9.13 Å². The van der Waals surface area contributed by atoms with Crippen LogP contribution < -0.4 is 0 Å². The molecule has 0 unspecified atom stereocenters. The number of hydrogen-bond acceptors (Lipinski definition) is 1. The lowest BCUT2D eigenvalue weighted by atomic mass is 10.0. The SMILES string of the molecule is c1ccc(-n2c3ccccc3c3ccccc32)c(-c2ccccc2-n2c3ccc(-n4c5ccccc5c5ccccc54)cc3n3c4ccccc4nc23)c1. The van der Waals surface area contributed by atoms with Crippen molar-refractivity contribution in [3.8, 4) is 28.2 Å². The van der Waals surface area contributed by atoms with Gasteiger partial charge in [0.15, 0.2) is 0 Å². The van der Waals surface area contributed by atoms with E-state index in [0.717, 1.165) is 56.0 Å². The normalized spacial score (nSPS) is 12.1. The molecule has 0 saturated carbocycles. The molecule has 0 fully saturated rings. The van der Waals surface area contributed by atoms with Gasteiger partial charge in [-0.25, -0.2) is 4.98 Å². The van der Waals surface area contributed by atoms with Crippen molar-refractivity contribution in [1.29, 1.82) is 0 Å². The number of para-hydroxylation sites is 8. The molecule has 54 heavy (non-hydrogen) atoms. The summed E-state index contributed by atoms with van der Waals surface area (Å²) in [6.45, 7) is 0. The van der Waals surface area contributed by atoms with E-state index in [9.17, 15) is 0 Å². The third kappa shape index (κ3) is 3.95. The molecule has 0 atom stereocenters. The van der Waals surface area contributed by atoms with Gasteiger partial charge in [0.2, 0.25) is 5.78 Å². The molecule has 12 aromatic rings.